The number of anilines is 1. The smallest absolute Gasteiger partial charge is 0.308 e. The lowest BCUT2D eigenvalue weighted by Crippen LogP contribution is -2.46. The van der Waals surface area contributed by atoms with Crippen LogP contribution in [-0.2, 0) is 16.1 Å². The average molecular weight is 552 g/mol. The molecule has 0 radical (unpaired) electrons. The second-order valence-corrected chi connectivity index (χ2v) is 12.0. The molecule has 4 rings (SSSR count). The van der Waals surface area contributed by atoms with Crippen LogP contribution in [0.1, 0.15) is 76.8 Å². The van der Waals surface area contributed by atoms with E-state index in [0.717, 1.165) is 42.5 Å². The molecule has 3 N–H and O–H groups in total. The lowest BCUT2D eigenvalue weighted by molar-refractivity contribution is -0.143. The predicted molar refractivity (Wildman–Crippen MR) is 157 cm³/mol. The molecule has 2 aliphatic rings. The molecule has 0 aliphatic carbocycles. The van der Waals surface area contributed by atoms with Crippen molar-refractivity contribution < 1.29 is 24.2 Å². The van der Waals surface area contributed by atoms with Gasteiger partial charge in [-0.3, -0.25) is 14.5 Å². The fourth-order valence-corrected chi connectivity index (χ4v) is 6.40. The number of carbonyl (C=O) groups excluding carboxylic acids is 1. The molecular weight excluding hydrogens is 506 g/mol. The van der Waals surface area contributed by atoms with E-state index in [1.54, 1.807) is 0 Å². The zero-order valence-corrected chi connectivity index (χ0v) is 24.4. The van der Waals surface area contributed by atoms with E-state index in [-0.39, 0.29) is 36.6 Å². The van der Waals surface area contributed by atoms with Crippen LogP contribution in [0.25, 0.3) is 0 Å². The predicted octanol–water partition coefficient (Wildman–Crippen LogP) is 5.39. The number of carboxylic acids is 1. The van der Waals surface area contributed by atoms with Crippen LogP contribution >= 0.6 is 0 Å². The number of likely N-dealkylation sites (tertiary alicyclic amines) is 1. The number of rotatable bonds is 13. The largest absolute Gasteiger partial charge is 0.481 e. The molecule has 2 heterocycles. The van der Waals surface area contributed by atoms with E-state index in [0.29, 0.717) is 37.6 Å². The topological polar surface area (TPSA) is 105 Å². The van der Waals surface area contributed by atoms with Gasteiger partial charge in [0.15, 0.2) is 11.5 Å². The van der Waals surface area contributed by atoms with Crippen molar-refractivity contribution in [3.8, 4) is 11.5 Å². The fraction of sp³-hybridized carbons (Fsp3) is 0.562. The third-order valence-corrected chi connectivity index (χ3v) is 8.38. The molecule has 1 saturated heterocycles. The first-order valence-electron chi connectivity index (χ1n) is 14.6. The minimum Gasteiger partial charge on any atom is -0.481 e. The van der Waals surface area contributed by atoms with Gasteiger partial charge < -0.3 is 25.2 Å². The number of nitrogens with two attached hydrogens (primary N) is 1. The standard InChI is InChI=1S/C32H45N3O5/c1-5-7-14-35(24-10-8-9-22(15-24)18-33)29(36)20-34-19-25(23-11-12-27-28(16-23)40-21-39-27)30(31(37)38)26(34)17-32(3,4)13-6-2/h8-12,15-16,25-26,30H,5-7,13-14,17-21,33H2,1-4H3,(H,37,38). The van der Waals surface area contributed by atoms with Crippen LogP contribution in [-0.4, -0.2) is 54.4 Å². The van der Waals surface area contributed by atoms with Crippen molar-refractivity contribution in [1.82, 2.24) is 4.90 Å². The number of hydrogen-bond donors (Lipinski definition) is 2. The molecular formula is C32H45N3O5. The third-order valence-electron chi connectivity index (χ3n) is 8.38. The Morgan fingerprint density at radius 2 is 1.88 bits per heavy atom. The molecule has 8 heteroatoms. The van der Waals surface area contributed by atoms with Gasteiger partial charge >= 0.3 is 5.97 Å². The molecule has 3 atom stereocenters. The van der Waals surface area contributed by atoms with Gasteiger partial charge in [-0.2, -0.15) is 0 Å². The number of fused-ring (bicyclic) bond motifs is 1. The van der Waals surface area contributed by atoms with Gasteiger partial charge in [-0.05, 0) is 60.1 Å². The number of aliphatic carboxylic acids is 1. The Morgan fingerprint density at radius 1 is 1.10 bits per heavy atom. The minimum atomic E-state index is -0.826. The van der Waals surface area contributed by atoms with Crippen molar-refractivity contribution in [1.29, 1.82) is 0 Å². The van der Waals surface area contributed by atoms with Crippen molar-refractivity contribution >= 4 is 17.6 Å². The van der Waals surface area contributed by atoms with Gasteiger partial charge in [0.05, 0.1) is 12.5 Å². The first-order valence-corrected chi connectivity index (χ1v) is 14.6. The second-order valence-electron chi connectivity index (χ2n) is 12.0. The highest BCUT2D eigenvalue weighted by atomic mass is 16.7. The molecule has 40 heavy (non-hydrogen) atoms. The molecule has 218 valence electrons. The number of hydrogen-bond acceptors (Lipinski definition) is 6. The van der Waals surface area contributed by atoms with Crippen LogP contribution in [0, 0.1) is 11.3 Å². The number of nitrogens with zero attached hydrogens (tertiary/aromatic N) is 2. The van der Waals surface area contributed by atoms with Gasteiger partial charge in [-0.1, -0.05) is 58.7 Å². The maximum absolute atomic E-state index is 14.0. The summed E-state index contributed by atoms with van der Waals surface area (Å²) in [5, 5.41) is 10.6. The summed E-state index contributed by atoms with van der Waals surface area (Å²) in [5.74, 6) is -0.442. The Morgan fingerprint density at radius 3 is 2.58 bits per heavy atom. The van der Waals surface area contributed by atoms with E-state index < -0.39 is 11.9 Å². The summed E-state index contributed by atoms with van der Waals surface area (Å²) in [6, 6.07) is 13.3. The van der Waals surface area contributed by atoms with Gasteiger partial charge in [0.25, 0.3) is 0 Å². The highest BCUT2D eigenvalue weighted by molar-refractivity contribution is 5.95. The first kappa shape index (κ1) is 29.9. The van der Waals surface area contributed by atoms with Crippen molar-refractivity contribution in [3.63, 3.8) is 0 Å². The highest BCUT2D eigenvalue weighted by Crippen LogP contribution is 2.45. The van der Waals surface area contributed by atoms with Crippen LogP contribution in [0.3, 0.4) is 0 Å². The second kappa shape index (κ2) is 13.0. The quantitative estimate of drug-likeness (QED) is 0.344. The molecule has 0 aromatic heterocycles. The average Bonchev–Trinajstić information content (AvgIpc) is 3.53. The number of unbranched alkanes of at least 4 members (excludes halogenated alkanes) is 1. The summed E-state index contributed by atoms with van der Waals surface area (Å²) < 4.78 is 11.1. The van der Waals surface area contributed by atoms with Crippen molar-refractivity contribution in [2.45, 2.75) is 78.3 Å². The Labute approximate surface area is 238 Å². The first-order chi connectivity index (χ1) is 19.2. The summed E-state index contributed by atoms with van der Waals surface area (Å²) in [4.78, 5) is 30.8. The van der Waals surface area contributed by atoms with Gasteiger partial charge in [0, 0.05) is 37.3 Å². The van der Waals surface area contributed by atoms with E-state index in [9.17, 15) is 14.7 Å². The SMILES string of the molecule is CCCCN(C(=O)CN1CC(c2ccc3c(c2)OCO3)C(C(=O)O)C1CC(C)(C)CCC)c1cccc(CN)c1. The summed E-state index contributed by atoms with van der Waals surface area (Å²) in [6.07, 6.45) is 4.54. The molecule has 0 bridgehead atoms. The summed E-state index contributed by atoms with van der Waals surface area (Å²) in [5.41, 5.74) is 8.55. The molecule has 2 aliphatic heterocycles. The van der Waals surface area contributed by atoms with Gasteiger partial charge in [-0.25, -0.2) is 0 Å². The normalized spacial score (nSPS) is 20.6. The molecule has 0 saturated carbocycles. The molecule has 1 amide bonds. The van der Waals surface area contributed by atoms with Gasteiger partial charge in [-0.15, -0.1) is 0 Å². The number of ether oxygens (including phenoxy) is 2. The molecule has 8 nitrogen and oxygen atoms in total. The van der Waals surface area contributed by atoms with E-state index in [1.165, 1.54) is 0 Å². The Kier molecular flexibility index (Phi) is 9.74. The zero-order chi connectivity index (χ0) is 28.9. The Bertz CT molecular complexity index is 1180. The number of carbonyl (C=O) groups is 2. The lowest BCUT2D eigenvalue weighted by Gasteiger charge is -2.35. The maximum Gasteiger partial charge on any atom is 0.308 e. The van der Waals surface area contributed by atoms with Crippen molar-refractivity contribution in [3.05, 3.63) is 53.6 Å². The molecule has 3 unspecified atom stereocenters. The summed E-state index contributed by atoms with van der Waals surface area (Å²) in [7, 11) is 0. The van der Waals surface area contributed by atoms with Crippen LogP contribution in [0.5, 0.6) is 11.5 Å². The van der Waals surface area contributed by atoms with E-state index in [4.69, 9.17) is 15.2 Å². The van der Waals surface area contributed by atoms with E-state index in [1.807, 2.05) is 47.4 Å². The van der Waals surface area contributed by atoms with Crippen LogP contribution in [0.4, 0.5) is 5.69 Å². The van der Waals surface area contributed by atoms with E-state index in [2.05, 4.69) is 32.6 Å². The fourth-order valence-electron chi connectivity index (χ4n) is 6.40. The summed E-state index contributed by atoms with van der Waals surface area (Å²) >= 11 is 0. The monoisotopic (exact) mass is 551 g/mol. The molecule has 1 fully saturated rings. The van der Waals surface area contributed by atoms with Crippen LogP contribution < -0.4 is 20.1 Å². The summed E-state index contributed by atoms with van der Waals surface area (Å²) in [6.45, 7) is 10.5. The van der Waals surface area contributed by atoms with E-state index >= 15 is 0 Å². The van der Waals surface area contributed by atoms with Crippen LogP contribution in [0.2, 0.25) is 0 Å². The molecule has 2 aromatic rings. The van der Waals surface area contributed by atoms with Gasteiger partial charge in [0.1, 0.15) is 0 Å². The highest BCUT2D eigenvalue weighted by Gasteiger charge is 2.49. The maximum atomic E-state index is 14.0. The number of benzene rings is 2. The minimum absolute atomic E-state index is 0.0172. The Hall–Kier alpha value is -3.10. The van der Waals surface area contributed by atoms with Crippen molar-refractivity contribution in [2.75, 3.05) is 31.3 Å². The number of carboxylic acid groups (broad SMARTS) is 1. The van der Waals surface area contributed by atoms with Crippen molar-refractivity contribution in [2.24, 2.45) is 17.1 Å². The molecule has 2 aromatic carbocycles. The lowest BCUT2D eigenvalue weighted by atomic mass is 9.76. The van der Waals surface area contributed by atoms with Gasteiger partial charge in [0.2, 0.25) is 12.7 Å². The number of amides is 1. The Balaban J connectivity index is 1.67. The third kappa shape index (κ3) is 6.78. The zero-order valence-electron chi connectivity index (χ0n) is 24.4. The van der Waals surface area contributed by atoms with Crippen LogP contribution in [0.15, 0.2) is 42.5 Å². The molecule has 0 spiro atoms.